The smallest absolute Gasteiger partial charge is 0.243 e. The van der Waals surface area contributed by atoms with E-state index in [9.17, 15) is 14.4 Å². The van der Waals surface area contributed by atoms with Crippen LogP contribution in [0.2, 0.25) is 0 Å². The number of para-hydroxylation sites is 1. The van der Waals surface area contributed by atoms with Crippen LogP contribution in [0.15, 0.2) is 48.7 Å². The molecule has 5 rings (SSSR count). The van der Waals surface area contributed by atoms with Crippen molar-refractivity contribution in [2.24, 2.45) is 5.73 Å². The van der Waals surface area contributed by atoms with Gasteiger partial charge in [0.1, 0.15) is 17.8 Å². The fraction of sp³-hybridized carbons (Fsp3) is 0.217. The van der Waals surface area contributed by atoms with Gasteiger partial charge in [-0.25, -0.2) is 4.68 Å². The molecule has 1 atom stereocenters. The Labute approximate surface area is 178 Å². The number of aromatic nitrogens is 2. The number of hydrogen-bond acceptors (Lipinski definition) is 4. The third kappa shape index (κ3) is 2.61. The summed E-state index contributed by atoms with van der Waals surface area (Å²) in [6.45, 7) is 3.70. The normalized spacial score (nSPS) is 19.4. The number of anilines is 2. The highest BCUT2D eigenvalue weighted by Gasteiger charge is 2.57. The molecular formula is C23H21N5O3. The molecule has 1 aromatic heterocycles. The first-order chi connectivity index (χ1) is 14.8. The van der Waals surface area contributed by atoms with Crippen LogP contribution in [0.5, 0.6) is 0 Å². The Morgan fingerprint density at radius 2 is 1.90 bits per heavy atom. The van der Waals surface area contributed by atoms with Gasteiger partial charge in [0.05, 0.1) is 11.9 Å². The van der Waals surface area contributed by atoms with E-state index >= 15 is 0 Å². The third-order valence-corrected chi connectivity index (χ3v) is 6.08. The van der Waals surface area contributed by atoms with Gasteiger partial charge in [-0.2, -0.15) is 5.10 Å². The van der Waals surface area contributed by atoms with E-state index < -0.39 is 11.3 Å². The Kier molecular flexibility index (Phi) is 4.01. The number of nitrogens with one attached hydrogen (secondary N) is 1. The van der Waals surface area contributed by atoms with Crippen LogP contribution in [0.25, 0.3) is 5.69 Å². The van der Waals surface area contributed by atoms with Gasteiger partial charge in [0.2, 0.25) is 17.7 Å². The molecular weight excluding hydrogens is 394 g/mol. The minimum Gasteiger partial charge on any atom is -0.368 e. The largest absolute Gasteiger partial charge is 0.368 e. The Morgan fingerprint density at radius 3 is 2.68 bits per heavy atom. The van der Waals surface area contributed by atoms with Crippen molar-refractivity contribution in [3.63, 3.8) is 0 Å². The minimum atomic E-state index is -1.25. The minimum absolute atomic E-state index is 0.0659. The molecule has 0 aliphatic carbocycles. The Morgan fingerprint density at radius 1 is 1.13 bits per heavy atom. The average molecular weight is 415 g/mol. The Hall–Kier alpha value is -3.94. The summed E-state index contributed by atoms with van der Waals surface area (Å²) in [6, 6.07) is 13.2. The van der Waals surface area contributed by atoms with E-state index in [1.54, 1.807) is 23.0 Å². The van der Waals surface area contributed by atoms with Crippen LogP contribution in [0.4, 0.5) is 11.5 Å². The summed E-state index contributed by atoms with van der Waals surface area (Å²) >= 11 is 0. The number of nitrogens with zero attached hydrogens (tertiary/aromatic N) is 3. The second kappa shape index (κ2) is 6.53. The highest BCUT2D eigenvalue weighted by molar-refractivity contribution is 6.17. The molecule has 0 radical (unpaired) electrons. The van der Waals surface area contributed by atoms with Gasteiger partial charge in [0, 0.05) is 17.7 Å². The van der Waals surface area contributed by atoms with Crippen molar-refractivity contribution >= 4 is 29.2 Å². The summed E-state index contributed by atoms with van der Waals surface area (Å²) in [4.78, 5) is 39.7. The molecule has 0 fully saturated rings. The lowest BCUT2D eigenvalue weighted by Crippen LogP contribution is -2.48. The molecule has 1 spiro atoms. The zero-order valence-electron chi connectivity index (χ0n) is 17.2. The third-order valence-electron chi connectivity index (χ3n) is 6.08. The van der Waals surface area contributed by atoms with Crippen LogP contribution < -0.4 is 16.0 Å². The lowest BCUT2D eigenvalue weighted by Gasteiger charge is -2.32. The molecule has 3 aromatic rings. The van der Waals surface area contributed by atoms with Gasteiger partial charge in [-0.3, -0.25) is 14.4 Å². The number of amides is 3. The van der Waals surface area contributed by atoms with Crippen molar-refractivity contribution in [3.8, 4) is 5.69 Å². The maximum atomic E-state index is 13.8. The second-order valence-electron chi connectivity index (χ2n) is 8.11. The van der Waals surface area contributed by atoms with Crippen molar-refractivity contribution in [1.29, 1.82) is 0 Å². The van der Waals surface area contributed by atoms with Crippen LogP contribution in [0, 0.1) is 13.8 Å². The van der Waals surface area contributed by atoms with Gasteiger partial charge in [-0.05, 0) is 42.7 Å². The molecule has 0 bridgehead atoms. The second-order valence-corrected chi connectivity index (χ2v) is 8.11. The molecule has 8 heteroatoms. The molecule has 156 valence electrons. The zero-order valence-corrected chi connectivity index (χ0v) is 17.2. The molecule has 3 amide bonds. The fourth-order valence-corrected chi connectivity index (χ4v) is 4.69. The predicted octanol–water partition coefficient (Wildman–Crippen LogP) is 1.95. The first-order valence-electron chi connectivity index (χ1n) is 9.98. The summed E-state index contributed by atoms with van der Waals surface area (Å²) in [5, 5.41) is 7.47. The van der Waals surface area contributed by atoms with Crippen molar-refractivity contribution < 1.29 is 14.4 Å². The standard InChI is InChI=1S/C23H21N5O3/c1-13-7-8-14(2)18(9-13)28-21-16(11-25-28)23(10-20(30)26-21)15-5-3-4-6-17(15)27(22(23)31)12-19(24)29/h3-9,11H,10,12H2,1-2H3,(H2,24,29)(H,26,30). The fourth-order valence-electron chi connectivity index (χ4n) is 4.69. The number of nitrogens with two attached hydrogens (primary N) is 1. The molecule has 3 heterocycles. The Bertz CT molecular complexity index is 1280. The number of fused-ring (bicyclic) bond motifs is 4. The molecule has 31 heavy (non-hydrogen) atoms. The van der Waals surface area contributed by atoms with E-state index in [0.29, 0.717) is 22.6 Å². The zero-order chi connectivity index (χ0) is 21.9. The lowest BCUT2D eigenvalue weighted by molar-refractivity contribution is -0.127. The van der Waals surface area contributed by atoms with Crippen LogP contribution >= 0.6 is 0 Å². The number of aryl methyl sites for hydroxylation is 2. The number of carbonyl (C=O) groups is 3. The first-order valence-corrected chi connectivity index (χ1v) is 9.98. The van der Waals surface area contributed by atoms with Crippen molar-refractivity contribution in [2.75, 3.05) is 16.8 Å². The van der Waals surface area contributed by atoms with Crippen LogP contribution in [-0.2, 0) is 19.8 Å². The van der Waals surface area contributed by atoms with Gasteiger partial charge in [0.15, 0.2) is 0 Å². The summed E-state index contributed by atoms with van der Waals surface area (Å²) in [7, 11) is 0. The summed E-state index contributed by atoms with van der Waals surface area (Å²) < 4.78 is 1.67. The average Bonchev–Trinajstić information content (AvgIpc) is 3.24. The Balaban J connectivity index is 1.76. The number of hydrogen-bond donors (Lipinski definition) is 2. The highest BCUT2D eigenvalue weighted by Crippen LogP contribution is 2.52. The van der Waals surface area contributed by atoms with E-state index in [2.05, 4.69) is 10.4 Å². The van der Waals surface area contributed by atoms with Crippen LogP contribution in [0.3, 0.4) is 0 Å². The molecule has 8 nitrogen and oxygen atoms in total. The number of rotatable bonds is 3. The van der Waals surface area contributed by atoms with E-state index in [1.807, 2.05) is 44.2 Å². The quantitative estimate of drug-likeness (QED) is 0.681. The summed E-state index contributed by atoms with van der Waals surface area (Å²) in [5.41, 5.74) is 8.90. The molecule has 1 unspecified atom stereocenters. The lowest BCUT2D eigenvalue weighted by atomic mass is 9.72. The van der Waals surface area contributed by atoms with Gasteiger partial charge in [-0.1, -0.05) is 30.3 Å². The molecule has 2 aliphatic rings. The van der Waals surface area contributed by atoms with E-state index in [0.717, 1.165) is 16.8 Å². The molecule has 2 aromatic carbocycles. The molecule has 3 N–H and O–H groups in total. The van der Waals surface area contributed by atoms with Crippen LogP contribution in [-0.4, -0.2) is 34.0 Å². The first kappa shape index (κ1) is 19.0. The molecule has 2 aliphatic heterocycles. The van der Waals surface area contributed by atoms with Gasteiger partial charge in [-0.15, -0.1) is 0 Å². The molecule has 0 saturated carbocycles. The number of carbonyl (C=O) groups excluding carboxylic acids is 3. The maximum Gasteiger partial charge on any atom is 0.243 e. The van der Waals surface area contributed by atoms with Crippen molar-refractivity contribution in [1.82, 2.24) is 9.78 Å². The number of primary amides is 1. The van der Waals surface area contributed by atoms with Crippen LogP contribution in [0.1, 0.15) is 28.7 Å². The highest BCUT2D eigenvalue weighted by atomic mass is 16.2. The topological polar surface area (TPSA) is 110 Å². The number of benzene rings is 2. The van der Waals surface area contributed by atoms with E-state index in [4.69, 9.17) is 5.73 Å². The summed E-state index contributed by atoms with van der Waals surface area (Å²) in [5.74, 6) is -0.784. The van der Waals surface area contributed by atoms with Crippen molar-refractivity contribution in [3.05, 3.63) is 70.9 Å². The molecule has 0 saturated heterocycles. The van der Waals surface area contributed by atoms with Crippen molar-refractivity contribution in [2.45, 2.75) is 25.7 Å². The summed E-state index contributed by atoms with van der Waals surface area (Å²) in [6.07, 6.45) is 1.57. The van der Waals surface area contributed by atoms with Gasteiger partial charge >= 0.3 is 0 Å². The predicted molar refractivity (Wildman–Crippen MR) is 115 cm³/mol. The van der Waals surface area contributed by atoms with E-state index in [-0.39, 0.29) is 24.8 Å². The maximum absolute atomic E-state index is 13.8. The van der Waals surface area contributed by atoms with Gasteiger partial charge < -0.3 is 16.0 Å². The van der Waals surface area contributed by atoms with Gasteiger partial charge in [0.25, 0.3) is 0 Å². The SMILES string of the molecule is Cc1ccc(C)c(-n2ncc3c2NC(=O)CC32C(=O)N(CC(N)=O)c3ccccc32)c1. The van der Waals surface area contributed by atoms with E-state index in [1.165, 1.54) is 4.90 Å². The monoisotopic (exact) mass is 415 g/mol.